The van der Waals surface area contributed by atoms with Gasteiger partial charge in [0.25, 0.3) is 0 Å². The van der Waals surface area contributed by atoms with Crippen LogP contribution >= 0.6 is 0 Å². The Bertz CT molecular complexity index is 1960. The van der Waals surface area contributed by atoms with E-state index in [1.165, 1.54) is 30.3 Å². The molecule has 1 N–H and O–H groups in total. The average molecular weight is 853 g/mol. The summed E-state index contributed by atoms with van der Waals surface area (Å²) in [7, 11) is 0. The number of aliphatic hydroxyl groups is 1. The number of nitrogens with zero attached hydrogens (tertiary/aromatic N) is 3. The van der Waals surface area contributed by atoms with Gasteiger partial charge in [-0.3, -0.25) is 4.79 Å². The molecule has 0 amide bonds. The van der Waals surface area contributed by atoms with Crippen molar-refractivity contribution in [3.63, 3.8) is 0 Å². The van der Waals surface area contributed by atoms with Crippen molar-refractivity contribution in [2.24, 2.45) is 11.8 Å². The molecule has 49 heavy (non-hydrogen) atoms. The Labute approximate surface area is 298 Å². The number of hydrogen-bond donors (Lipinski definition) is 1. The number of aromatic nitrogens is 3. The molecule has 0 atom stereocenters. The van der Waals surface area contributed by atoms with Crippen LogP contribution in [0.3, 0.4) is 0 Å². The number of carbonyl (C=O) groups excluding carboxylic acids is 1. The van der Waals surface area contributed by atoms with Gasteiger partial charge in [-0.1, -0.05) is 107 Å². The van der Waals surface area contributed by atoms with Crippen molar-refractivity contribution in [1.82, 2.24) is 15.4 Å². The molecule has 0 saturated heterocycles. The number of carbonyl (C=O) groups is 1. The molecule has 0 fully saturated rings. The molecule has 10 heteroatoms. The minimum Gasteiger partial charge on any atom is -0.512 e. The first-order valence-corrected chi connectivity index (χ1v) is 16.4. The van der Waals surface area contributed by atoms with E-state index in [0.717, 1.165) is 42.0 Å². The summed E-state index contributed by atoms with van der Waals surface area (Å²) >= 11 is 0. The first-order valence-electron chi connectivity index (χ1n) is 16.4. The Hall–Kier alpha value is -3.75. The third kappa shape index (κ3) is 8.53. The van der Waals surface area contributed by atoms with Gasteiger partial charge in [-0.15, -0.1) is 34.2 Å². The molecule has 1 aromatic heterocycles. The molecule has 4 aromatic carbocycles. The Kier molecular flexibility index (Phi) is 13.2. The van der Waals surface area contributed by atoms with E-state index in [9.17, 15) is 23.1 Å². The van der Waals surface area contributed by atoms with Crippen molar-refractivity contribution in [1.29, 1.82) is 0 Å². The van der Waals surface area contributed by atoms with Crippen LogP contribution in [0.25, 0.3) is 43.7 Å². The zero-order chi connectivity index (χ0) is 35.4. The van der Waals surface area contributed by atoms with Crippen LogP contribution < -0.4 is 0 Å². The van der Waals surface area contributed by atoms with E-state index in [1.54, 1.807) is 6.07 Å². The molecule has 5 nitrogen and oxygen atoms in total. The predicted octanol–water partition coefficient (Wildman–Crippen LogP) is 11.1. The van der Waals surface area contributed by atoms with Gasteiger partial charge in [0, 0.05) is 54.5 Å². The maximum atomic E-state index is 15.7. The second-order valence-electron chi connectivity index (χ2n) is 13.0. The van der Waals surface area contributed by atoms with Gasteiger partial charge in [-0.05, 0) is 36.5 Å². The van der Waals surface area contributed by atoms with Crippen LogP contribution in [0.5, 0.6) is 0 Å². The third-order valence-corrected chi connectivity index (χ3v) is 8.86. The van der Waals surface area contributed by atoms with Gasteiger partial charge in [0.1, 0.15) is 11.3 Å². The van der Waals surface area contributed by atoms with Crippen molar-refractivity contribution in [2.45, 2.75) is 85.7 Å². The van der Waals surface area contributed by atoms with E-state index in [2.05, 4.69) is 21.5 Å². The molecular formula is C39H42F4IrN3O2-. The van der Waals surface area contributed by atoms with Crippen LogP contribution in [-0.4, -0.2) is 26.3 Å². The van der Waals surface area contributed by atoms with E-state index in [4.69, 9.17) is 0 Å². The second kappa shape index (κ2) is 16.3. The first kappa shape index (κ1) is 39.7. The molecule has 1 radical (unpaired) electrons. The maximum absolute atomic E-state index is 15.7. The van der Waals surface area contributed by atoms with Gasteiger partial charge in [-0.25, -0.2) is 4.39 Å². The summed E-state index contributed by atoms with van der Waals surface area (Å²) < 4.78 is 58.1. The number of benzene rings is 4. The summed E-state index contributed by atoms with van der Waals surface area (Å²) in [5, 5.41) is 22.0. The van der Waals surface area contributed by atoms with Crippen LogP contribution in [0.4, 0.5) is 17.6 Å². The number of allylic oxidation sites excluding steroid dienone is 2. The molecule has 0 bridgehead atoms. The Morgan fingerprint density at radius 1 is 0.857 bits per heavy atom. The Balaban J connectivity index is 0.000000347. The molecule has 0 aliphatic heterocycles. The third-order valence-electron chi connectivity index (χ3n) is 8.86. The van der Waals surface area contributed by atoms with Crippen molar-refractivity contribution >= 4 is 38.2 Å². The molecule has 0 saturated carbocycles. The molecule has 5 rings (SSSR count). The molecule has 0 spiro atoms. The van der Waals surface area contributed by atoms with Gasteiger partial charge in [0.15, 0.2) is 5.78 Å². The van der Waals surface area contributed by atoms with E-state index < -0.39 is 23.1 Å². The Morgan fingerprint density at radius 3 is 1.96 bits per heavy atom. The number of ketones is 1. The number of hydrogen-bond acceptors (Lipinski definition) is 5. The quantitative estimate of drug-likeness (QED) is 0.0553. The molecule has 0 aliphatic carbocycles. The van der Waals surface area contributed by atoms with Gasteiger partial charge in [0.05, 0.1) is 11.3 Å². The zero-order valence-corrected chi connectivity index (χ0v) is 31.2. The van der Waals surface area contributed by atoms with Gasteiger partial charge in [-0.2, -0.15) is 18.3 Å². The van der Waals surface area contributed by atoms with Gasteiger partial charge >= 0.3 is 6.18 Å². The molecule has 263 valence electrons. The summed E-state index contributed by atoms with van der Waals surface area (Å²) in [5.74, 6) is -0.268. The average Bonchev–Trinajstić information content (AvgIpc) is 3.04. The van der Waals surface area contributed by atoms with E-state index in [0.29, 0.717) is 5.56 Å². The monoisotopic (exact) mass is 853 g/mol. The van der Waals surface area contributed by atoms with Crippen LogP contribution in [0, 0.1) is 23.7 Å². The summed E-state index contributed by atoms with van der Waals surface area (Å²) in [6.07, 6.45) is 0.145. The van der Waals surface area contributed by atoms with Gasteiger partial charge in [0.2, 0.25) is 0 Å². The number of rotatable bonds is 8. The van der Waals surface area contributed by atoms with Crippen LogP contribution in [0.15, 0.2) is 66.4 Å². The fourth-order valence-corrected chi connectivity index (χ4v) is 6.09. The minimum atomic E-state index is -4.76. The summed E-state index contributed by atoms with van der Waals surface area (Å²) in [4.78, 5) is 11.7. The fourth-order valence-electron chi connectivity index (χ4n) is 6.09. The summed E-state index contributed by atoms with van der Waals surface area (Å²) in [5.41, 5.74) is -0.603. The van der Waals surface area contributed by atoms with Gasteiger partial charge < -0.3 is 5.11 Å². The topological polar surface area (TPSA) is 76.0 Å². The predicted molar refractivity (Wildman–Crippen MR) is 184 cm³/mol. The van der Waals surface area contributed by atoms with E-state index in [1.807, 2.05) is 72.7 Å². The van der Waals surface area contributed by atoms with Crippen molar-refractivity contribution in [2.75, 3.05) is 0 Å². The van der Waals surface area contributed by atoms with E-state index >= 15 is 4.39 Å². The SMILES string of the molecule is CC(C)(C)c1cc(-c2nnnc3c(C(F)(F)F)c4ccccc4c(F)c23)[c-]c2ccccc12.CCC(CC)C(=O)/C=C(\O)C(CC)CC.[Ir]. The molecule has 0 unspecified atom stereocenters. The first-order chi connectivity index (χ1) is 22.7. The number of fused-ring (bicyclic) bond motifs is 3. The molecule has 5 aromatic rings. The summed E-state index contributed by atoms with van der Waals surface area (Å²) in [6, 6.07) is 18.1. The molecule has 1 heterocycles. The van der Waals surface area contributed by atoms with Crippen molar-refractivity contribution < 1.29 is 47.6 Å². The standard InChI is InChI=1S/C26H18F4N3.C13H24O2.Ir/c1-25(2,3)19-13-15(12-14-8-4-5-9-16(14)19)23-20-22(27)18-11-7-6-10-17(18)21(26(28,29)30)24(20)32-33-31-23;1-5-10(6-2)12(14)9-13(15)11(7-3)8-4;/h4-11,13H,1-3H3;9-11,14H,5-8H2,1-4H3;/q-1;;/b;12-9-;. The normalized spacial score (nSPS) is 12.4. The fraction of sp³-hybridized carbons (Fsp3) is 0.385. The van der Waals surface area contributed by atoms with E-state index in [-0.39, 0.29) is 70.8 Å². The smallest absolute Gasteiger partial charge is 0.419 e. The minimum absolute atomic E-state index is 0. The molecular weight excluding hydrogens is 811 g/mol. The number of aliphatic hydroxyl groups excluding tert-OH is 1. The molecule has 0 aliphatic rings. The number of halogens is 4. The van der Waals surface area contributed by atoms with Crippen molar-refractivity contribution in [3.8, 4) is 11.3 Å². The summed E-state index contributed by atoms with van der Waals surface area (Å²) in [6.45, 7) is 14.2. The zero-order valence-electron chi connectivity index (χ0n) is 28.8. The largest absolute Gasteiger partial charge is 0.512 e. The number of alkyl halides is 3. The van der Waals surface area contributed by atoms with Crippen molar-refractivity contribution in [3.05, 3.63) is 89.4 Å². The van der Waals surface area contributed by atoms with Crippen LogP contribution in [0.2, 0.25) is 0 Å². The second-order valence-corrected chi connectivity index (χ2v) is 13.0. The van der Waals surface area contributed by atoms with Crippen LogP contribution in [0.1, 0.15) is 85.3 Å². The Morgan fingerprint density at radius 2 is 1.41 bits per heavy atom. The van der Waals surface area contributed by atoms with Crippen LogP contribution in [-0.2, 0) is 36.5 Å². The maximum Gasteiger partial charge on any atom is 0.419 e.